The Balaban J connectivity index is 2.16. The number of aromatic nitrogens is 2. The Morgan fingerprint density at radius 1 is 1.30 bits per heavy atom. The third-order valence-electron chi connectivity index (χ3n) is 3.86. The van der Waals surface area contributed by atoms with Crippen LogP contribution in [-0.4, -0.2) is 34.1 Å². The fourth-order valence-electron chi connectivity index (χ4n) is 2.84. The third-order valence-corrected chi connectivity index (χ3v) is 4.96. The van der Waals surface area contributed by atoms with Crippen LogP contribution in [0.15, 0.2) is 6.33 Å². The number of hydrogen-bond donors (Lipinski definition) is 2. The van der Waals surface area contributed by atoms with Crippen LogP contribution in [0.1, 0.15) is 51.5 Å². The number of thioether (sulfide) groups is 1. The van der Waals surface area contributed by atoms with Crippen LogP contribution in [0.25, 0.3) is 0 Å². The monoisotopic (exact) mass is 294 g/mol. The average Bonchev–Trinajstić information content (AvgIpc) is 2.86. The summed E-state index contributed by atoms with van der Waals surface area (Å²) in [6.07, 6.45) is 7.65. The van der Waals surface area contributed by atoms with Crippen LogP contribution >= 0.6 is 11.8 Å². The third kappa shape index (κ3) is 3.57. The molecule has 0 spiro atoms. The minimum absolute atomic E-state index is 0.408. The summed E-state index contributed by atoms with van der Waals surface area (Å²) in [4.78, 5) is 8.88. The number of nitrogens with zero attached hydrogens (tertiary/aromatic N) is 2. The second kappa shape index (κ2) is 7.16. The Kier molecular flexibility index (Phi) is 5.52. The van der Waals surface area contributed by atoms with Gasteiger partial charge in [-0.1, -0.05) is 13.8 Å². The largest absolute Gasteiger partial charge is 0.370 e. The minimum atomic E-state index is 0.408. The molecule has 1 fully saturated rings. The molecule has 0 aliphatic heterocycles. The summed E-state index contributed by atoms with van der Waals surface area (Å²) in [6.45, 7) is 7.38. The van der Waals surface area contributed by atoms with E-state index in [1.165, 1.54) is 24.8 Å². The number of nitrogens with one attached hydrogen (secondary N) is 2. The predicted octanol–water partition coefficient (Wildman–Crippen LogP) is 3.73. The first-order valence-electron chi connectivity index (χ1n) is 7.53. The summed E-state index contributed by atoms with van der Waals surface area (Å²) < 4.78 is 0. The Morgan fingerprint density at radius 2 is 2.05 bits per heavy atom. The van der Waals surface area contributed by atoms with Gasteiger partial charge in [0, 0.05) is 23.4 Å². The van der Waals surface area contributed by atoms with Crippen LogP contribution in [0.3, 0.4) is 0 Å². The lowest BCUT2D eigenvalue weighted by molar-refractivity contribution is 0.742. The van der Waals surface area contributed by atoms with Gasteiger partial charge >= 0.3 is 0 Å². The van der Waals surface area contributed by atoms with E-state index in [1.54, 1.807) is 6.33 Å². The van der Waals surface area contributed by atoms with Crippen molar-refractivity contribution in [1.82, 2.24) is 9.97 Å². The standard InChI is InChI=1S/C15H26N4S/c1-5-16-14-13(10(2)3)15(18-9-17-14)19-11-6-7-12(8-11)20-4/h9-12H,5-8H2,1-4H3,(H2,16,17,18,19). The Hall–Kier alpha value is -0.970. The van der Waals surface area contributed by atoms with E-state index in [0.29, 0.717) is 12.0 Å². The van der Waals surface area contributed by atoms with E-state index < -0.39 is 0 Å². The van der Waals surface area contributed by atoms with Crippen LogP contribution in [0, 0.1) is 0 Å². The lowest BCUT2D eigenvalue weighted by atomic mass is 10.0. The molecule has 2 rings (SSSR count). The molecule has 1 aliphatic carbocycles. The lowest BCUT2D eigenvalue weighted by Crippen LogP contribution is -2.19. The van der Waals surface area contributed by atoms with E-state index in [1.807, 2.05) is 11.8 Å². The topological polar surface area (TPSA) is 49.8 Å². The number of hydrogen-bond acceptors (Lipinski definition) is 5. The molecule has 2 unspecified atom stereocenters. The van der Waals surface area contributed by atoms with Gasteiger partial charge in [0.15, 0.2) is 0 Å². The van der Waals surface area contributed by atoms with Crippen molar-refractivity contribution in [2.24, 2.45) is 0 Å². The van der Waals surface area contributed by atoms with Gasteiger partial charge in [-0.15, -0.1) is 0 Å². The Bertz CT molecular complexity index is 436. The van der Waals surface area contributed by atoms with Gasteiger partial charge in [-0.25, -0.2) is 9.97 Å². The van der Waals surface area contributed by atoms with Gasteiger partial charge in [-0.3, -0.25) is 0 Å². The first-order chi connectivity index (χ1) is 9.65. The van der Waals surface area contributed by atoms with Gasteiger partial charge in [0.25, 0.3) is 0 Å². The molecule has 1 aliphatic rings. The van der Waals surface area contributed by atoms with E-state index in [9.17, 15) is 0 Å². The summed E-state index contributed by atoms with van der Waals surface area (Å²) in [7, 11) is 0. The van der Waals surface area contributed by atoms with Crippen LogP contribution in [0.2, 0.25) is 0 Å². The maximum absolute atomic E-state index is 4.49. The molecule has 112 valence electrons. The predicted molar refractivity (Wildman–Crippen MR) is 88.8 cm³/mol. The molecule has 1 aromatic heterocycles. The highest BCUT2D eigenvalue weighted by molar-refractivity contribution is 7.99. The van der Waals surface area contributed by atoms with Crippen molar-refractivity contribution < 1.29 is 0 Å². The summed E-state index contributed by atoms with van der Waals surface area (Å²) in [6, 6.07) is 0.550. The fraction of sp³-hybridized carbons (Fsp3) is 0.733. The van der Waals surface area contributed by atoms with E-state index in [4.69, 9.17) is 0 Å². The highest BCUT2D eigenvalue weighted by Crippen LogP contribution is 2.33. The van der Waals surface area contributed by atoms with Crippen molar-refractivity contribution in [3.8, 4) is 0 Å². The smallest absolute Gasteiger partial charge is 0.135 e. The summed E-state index contributed by atoms with van der Waals surface area (Å²) >= 11 is 1.98. The maximum Gasteiger partial charge on any atom is 0.135 e. The molecule has 1 saturated carbocycles. The van der Waals surface area contributed by atoms with E-state index >= 15 is 0 Å². The van der Waals surface area contributed by atoms with E-state index in [-0.39, 0.29) is 0 Å². The van der Waals surface area contributed by atoms with Gasteiger partial charge in [-0.2, -0.15) is 11.8 Å². The first-order valence-corrected chi connectivity index (χ1v) is 8.82. The van der Waals surface area contributed by atoms with Crippen LogP contribution in [0.4, 0.5) is 11.6 Å². The molecule has 5 heteroatoms. The molecule has 1 heterocycles. The highest BCUT2D eigenvalue weighted by Gasteiger charge is 2.25. The Morgan fingerprint density at radius 3 is 2.65 bits per heavy atom. The molecule has 0 aromatic carbocycles. The highest BCUT2D eigenvalue weighted by atomic mass is 32.2. The van der Waals surface area contributed by atoms with Gasteiger partial charge in [-0.05, 0) is 38.4 Å². The summed E-state index contributed by atoms with van der Waals surface area (Å²) in [5, 5.41) is 7.79. The second-order valence-electron chi connectivity index (χ2n) is 5.68. The SMILES string of the molecule is CCNc1ncnc(NC2CCC(SC)C2)c1C(C)C. The molecule has 0 radical (unpaired) electrons. The number of anilines is 2. The van der Waals surface area contributed by atoms with Gasteiger partial charge in [0.1, 0.15) is 18.0 Å². The first kappa shape index (κ1) is 15.4. The molecule has 4 nitrogen and oxygen atoms in total. The maximum atomic E-state index is 4.49. The van der Waals surface area contributed by atoms with E-state index in [2.05, 4.69) is 47.6 Å². The van der Waals surface area contributed by atoms with Gasteiger partial charge in [0.05, 0.1) is 0 Å². The van der Waals surface area contributed by atoms with Crippen molar-refractivity contribution in [1.29, 1.82) is 0 Å². The normalized spacial score (nSPS) is 22.2. The van der Waals surface area contributed by atoms with Crippen LogP contribution < -0.4 is 10.6 Å². The molecular weight excluding hydrogens is 268 g/mol. The minimum Gasteiger partial charge on any atom is -0.370 e. The zero-order valence-corrected chi connectivity index (χ0v) is 13.8. The molecular formula is C15H26N4S. The zero-order valence-electron chi connectivity index (χ0n) is 12.9. The molecule has 0 bridgehead atoms. The molecule has 0 saturated heterocycles. The Labute approximate surface area is 126 Å². The number of rotatable bonds is 6. The summed E-state index contributed by atoms with van der Waals surface area (Å²) in [5.41, 5.74) is 1.21. The lowest BCUT2D eigenvalue weighted by Gasteiger charge is -2.20. The molecule has 0 amide bonds. The van der Waals surface area contributed by atoms with Crippen molar-refractivity contribution in [3.63, 3.8) is 0 Å². The fourth-order valence-corrected chi connectivity index (χ4v) is 3.64. The summed E-state index contributed by atoms with van der Waals surface area (Å²) in [5.74, 6) is 2.39. The molecule has 2 N–H and O–H groups in total. The zero-order chi connectivity index (χ0) is 14.5. The van der Waals surface area contributed by atoms with Crippen LogP contribution in [-0.2, 0) is 0 Å². The van der Waals surface area contributed by atoms with Crippen LogP contribution in [0.5, 0.6) is 0 Å². The van der Waals surface area contributed by atoms with Crippen molar-refractivity contribution in [2.75, 3.05) is 23.4 Å². The second-order valence-corrected chi connectivity index (χ2v) is 6.82. The quantitative estimate of drug-likeness (QED) is 0.837. The van der Waals surface area contributed by atoms with Gasteiger partial charge in [0.2, 0.25) is 0 Å². The van der Waals surface area contributed by atoms with Crippen molar-refractivity contribution >= 4 is 23.4 Å². The molecule has 1 aromatic rings. The molecule has 20 heavy (non-hydrogen) atoms. The van der Waals surface area contributed by atoms with E-state index in [0.717, 1.165) is 23.4 Å². The van der Waals surface area contributed by atoms with Crippen molar-refractivity contribution in [3.05, 3.63) is 11.9 Å². The van der Waals surface area contributed by atoms with Gasteiger partial charge < -0.3 is 10.6 Å². The average molecular weight is 294 g/mol. The van der Waals surface area contributed by atoms with Crippen molar-refractivity contribution in [2.45, 2.75) is 57.2 Å². The molecule has 2 atom stereocenters.